The van der Waals surface area contributed by atoms with Crippen molar-refractivity contribution >= 4 is 17.5 Å². The van der Waals surface area contributed by atoms with Gasteiger partial charge in [-0.05, 0) is 31.0 Å². The lowest BCUT2D eigenvalue weighted by atomic mass is 10.1. The zero-order valence-corrected chi connectivity index (χ0v) is 15.0. The van der Waals surface area contributed by atoms with E-state index in [9.17, 15) is 9.59 Å². The number of benzene rings is 1. The minimum absolute atomic E-state index is 0.110. The average Bonchev–Trinajstić information content (AvgIpc) is 3.05. The lowest BCUT2D eigenvalue weighted by molar-refractivity contribution is -0.116. The van der Waals surface area contributed by atoms with E-state index in [1.54, 1.807) is 19.2 Å². The molecule has 7 heteroatoms. The Morgan fingerprint density at radius 3 is 2.68 bits per heavy atom. The molecule has 2 aromatic rings. The molecule has 2 amide bonds. The van der Waals surface area contributed by atoms with Gasteiger partial charge < -0.3 is 15.2 Å². The van der Waals surface area contributed by atoms with E-state index in [1.165, 1.54) is 0 Å². The summed E-state index contributed by atoms with van der Waals surface area (Å²) >= 11 is 0. The summed E-state index contributed by atoms with van der Waals surface area (Å²) in [5.41, 5.74) is 2.06. The number of nitrogens with one attached hydrogen (secondary N) is 2. The van der Waals surface area contributed by atoms with E-state index in [0.717, 1.165) is 5.56 Å². The molecule has 0 aliphatic heterocycles. The Morgan fingerprint density at radius 2 is 2.04 bits per heavy atom. The SMILES string of the molecule is CNC(=O)c1ccc(C)c(NC(=O)CCCc2nc(C(C)C)no2)c1. The van der Waals surface area contributed by atoms with Gasteiger partial charge in [0, 0.05) is 37.1 Å². The summed E-state index contributed by atoms with van der Waals surface area (Å²) in [4.78, 5) is 28.1. The number of carbonyl (C=O) groups excluding carboxylic acids is 2. The molecule has 0 unspecified atom stereocenters. The van der Waals surface area contributed by atoms with Crippen molar-refractivity contribution in [2.24, 2.45) is 0 Å². The van der Waals surface area contributed by atoms with Crippen LogP contribution in [0, 0.1) is 6.92 Å². The topological polar surface area (TPSA) is 97.1 Å². The van der Waals surface area contributed by atoms with Gasteiger partial charge in [-0.2, -0.15) is 4.98 Å². The summed E-state index contributed by atoms with van der Waals surface area (Å²) in [5.74, 6) is 1.15. The van der Waals surface area contributed by atoms with Crippen LogP contribution in [-0.4, -0.2) is 29.0 Å². The summed E-state index contributed by atoms with van der Waals surface area (Å²) in [6.45, 7) is 5.88. The third kappa shape index (κ3) is 5.14. The van der Waals surface area contributed by atoms with Crippen molar-refractivity contribution in [2.75, 3.05) is 12.4 Å². The van der Waals surface area contributed by atoms with Gasteiger partial charge in [0.2, 0.25) is 11.8 Å². The zero-order valence-electron chi connectivity index (χ0n) is 15.0. The molecule has 0 saturated carbocycles. The second-order valence-electron chi connectivity index (χ2n) is 6.21. The van der Waals surface area contributed by atoms with Gasteiger partial charge in [-0.1, -0.05) is 25.1 Å². The number of rotatable bonds is 7. The van der Waals surface area contributed by atoms with Gasteiger partial charge in [-0.3, -0.25) is 9.59 Å². The highest BCUT2D eigenvalue weighted by atomic mass is 16.5. The maximum Gasteiger partial charge on any atom is 0.251 e. The normalized spacial score (nSPS) is 10.8. The van der Waals surface area contributed by atoms with E-state index in [2.05, 4.69) is 20.8 Å². The van der Waals surface area contributed by atoms with Gasteiger partial charge >= 0.3 is 0 Å². The summed E-state index contributed by atoms with van der Waals surface area (Å²) < 4.78 is 5.16. The first-order valence-corrected chi connectivity index (χ1v) is 8.35. The lowest BCUT2D eigenvalue weighted by Crippen LogP contribution is -2.19. The minimum Gasteiger partial charge on any atom is -0.355 e. The smallest absolute Gasteiger partial charge is 0.251 e. The Hall–Kier alpha value is -2.70. The van der Waals surface area contributed by atoms with Crippen LogP contribution in [0.1, 0.15) is 60.2 Å². The van der Waals surface area contributed by atoms with Gasteiger partial charge in [0.1, 0.15) is 0 Å². The second-order valence-corrected chi connectivity index (χ2v) is 6.21. The second kappa shape index (κ2) is 8.41. The molecule has 0 aliphatic rings. The zero-order chi connectivity index (χ0) is 18.4. The van der Waals surface area contributed by atoms with Crippen molar-refractivity contribution < 1.29 is 14.1 Å². The van der Waals surface area contributed by atoms with E-state index >= 15 is 0 Å². The Labute approximate surface area is 147 Å². The van der Waals surface area contributed by atoms with Gasteiger partial charge in [0.15, 0.2) is 5.82 Å². The predicted molar refractivity (Wildman–Crippen MR) is 94.5 cm³/mol. The fraction of sp³-hybridized carbons (Fsp3) is 0.444. The van der Waals surface area contributed by atoms with Gasteiger partial charge in [-0.25, -0.2) is 0 Å². The van der Waals surface area contributed by atoms with E-state index in [1.807, 2.05) is 26.8 Å². The number of hydrogen-bond acceptors (Lipinski definition) is 5. The van der Waals surface area contributed by atoms with Crippen LogP contribution < -0.4 is 10.6 Å². The summed E-state index contributed by atoms with van der Waals surface area (Å²) in [5, 5.41) is 9.32. The molecule has 0 atom stereocenters. The molecule has 134 valence electrons. The maximum absolute atomic E-state index is 12.1. The first-order chi connectivity index (χ1) is 11.9. The van der Waals surface area contributed by atoms with Crippen LogP contribution in [0.5, 0.6) is 0 Å². The van der Waals surface area contributed by atoms with Crippen LogP contribution in [0.25, 0.3) is 0 Å². The van der Waals surface area contributed by atoms with Crippen molar-refractivity contribution in [3.8, 4) is 0 Å². The van der Waals surface area contributed by atoms with Crippen molar-refractivity contribution in [3.05, 3.63) is 41.0 Å². The van der Waals surface area contributed by atoms with Gasteiger partial charge in [0.25, 0.3) is 5.91 Å². The Bertz CT molecular complexity index is 753. The molecule has 1 aromatic carbocycles. The minimum atomic E-state index is -0.187. The van der Waals surface area contributed by atoms with Crippen LogP contribution in [0.3, 0.4) is 0 Å². The molecule has 0 fully saturated rings. The number of amides is 2. The molecular formula is C18H24N4O3. The first kappa shape index (κ1) is 18.6. The average molecular weight is 344 g/mol. The predicted octanol–water partition coefficient (Wildman–Crippen LogP) is 2.82. The number of hydrogen-bond donors (Lipinski definition) is 2. The molecule has 0 radical (unpaired) electrons. The van der Waals surface area contributed by atoms with E-state index in [4.69, 9.17) is 4.52 Å². The van der Waals surface area contributed by atoms with Gasteiger partial charge in [-0.15, -0.1) is 0 Å². The quantitative estimate of drug-likeness (QED) is 0.805. The molecule has 0 aliphatic carbocycles. The van der Waals surface area contributed by atoms with E-state index < -0.39 is 0 Å². The van der Waals surface area contributed by atoms with Crippen LogP contribution in [0.4, 0.5) is 5.69 Å². The summed E-state index contributed by atoms with van der Waals surface area (Å²) in [6.07, 6.45) is 1.51. The molecule has 25 heavy (non-hydrogen) atoms. The monoisotopic (exact) mass is 344 g/mol. The fourth-order valence-electron chi connectivity index (χ4n) is 2.26. The Balaban J connectivity index is 1.88. The van der Waals surface area contributed by atoms with Crippen molar-refractivity contribution in [1.82, 2.24) is 15.5 Å². The molecular weight excluding hydrogens is 320 g/mol. The summed E-state index contributed by atoms with van der Waals surface area (Å²) in [6, 6.07) is 5.22. The lowest BCUT2D eigenvalue weighted by Gasteiger charge is -2.10. The van der Waals surface area contributed by atoms with Crippen molar-refractivity contribution in [2.45, 2.75) is 46.0 Å². The molecule has 1 aromatic heterocycles. The number of nitrogens with zero attached hydrogens (tertiary/aromatic N) is 2. The molecule has 0 bridgehead atoms. The number of aryl methyl sites for hydroxylation is 2. The molecule has 0 spiro atoms. The highest BCUT2D eigenvalue weighted by Crippen LogP contribution is 2.18. The summed E-state index contributed by atoms with van der Waals surface area (Å²) in [7, 11) is 1.57. The number of aromatic nitrogens is 2. The molecule has 2 N–H and O–H groups in total. The van der Waals surface area contributed by atoms with Gasteiger partial charge in [0.05, 0.1) is 0 Å². The van der Waals surface area contributed by atoms with Crippen LogP contribution in [0.15, 0.2) is 22.7 Å². The largest absolute Gasteiger partial charge is 0.355 e. The molecule has 7 nitrogen and oxygen atoms in total. The number of anilines is 1. The first-order valence-electron chi connectivity index (χ1n) is 8.35. The Morgan fingerprint density at radius 1 is 1.28 bits per heavy atom. The highest BCUT2D eigenvalue weighted by molar-refractivity contribution is 5.97. The van der Waals surface area contributed by atoms with Crippen LogP contribution in [0.2, 0.25) is 0 Å². The standard InChI is InChI=1S/C18H24N4O3/c1-11(2)17-21-16(25-22-17)7-5-6-15(23)20-14-10-13(18(24)19-4)9-8-12(14)3/h8-11H,5-7H2,1-4H3,(H,19,24)(H,20,23). The fourth-order valence-corrected chi connectivity index (χ4v) is 2.26. The van der Waals surface area contributed by atoms with Crippen LogP contribution in [-0.2, 0) is 11.2 Å². The third-order valence-corrected chi connectivity index (χ3v) is 3.80. The van der Waals surface area contributed by atoms with E-state index in [0.29, 0.717) is 42.2 Å². The molecule has 1 heterocycles. The van der Waals surface area contributed by atoms with Crippen molar-refractivity contribution in [1.29, 1.82) is 0 Å². The molecule has 2 rings (SSSR count). The van der Waals surface area contributed by atoms with Crippen LogP contribution >= 0.6 is 0 Å². The third-order valence-electron chi connectivity index (χ3n) is 3.80. The highest BCUT2D eigenvalue weighted by Gasteiger charge is 2.12. The Kier molecular flexibility index (Phi) is 6.27. The molecule has 0 saturated heterocycles. The number of carbonyl (C=O) groups is 2. The maximum atomic E-state index is 12.1. The van der Waals surface area contributed by atoms with Crippen molar-refractivity contribution in [3.63, 3.8) is 0 Å². The van der Waals surface area contributed by atoms with E-state index in [-0.39, 0.29) is 17.7 Å².